The van der Waals surface area contributed by atoms with Crippen molar-refractivity contribution in [2.75, 3.05) is 24.6 Å². The van der Waals surface area contributed by atoms with E-state index in [2.05, 4.69) is 10.6 Å². The van der Waals surface area contributed by atoms with E-state index >= 15 is 0 Å². The van der Waals surface area contributed by atoms with Gasteiger partial charge in [0.2, 0.25) is 5.91 Å². The topological polar surface area (TPSA) is 90.9 Å². The number of hydrogen-bond acceptors (Lipinski definition) is 4. The predicted octanol–water partition coefficient (Wildman–Crippen LogP) is 1.32. The maximum absolute atomic E-state index is 11.6. The number of carbonyl (C=O) groups excluding carboxylic acids is 1. The maximum Gasteiger partial charge on any atom is 0.227 e. The molecule has 5 heteroatoms. The molecule has 0 aliphatic carbocycles. The second-order valence-corrected chi connectivity index (χ2v) is 4.70. The second-order valence-electron chi connectivity index (χ2n) is 4.70. The molecule has 96 valence electrons. The van der Waals surface area contributed by atoms with Gasteiger partial charge in [-0.3, -0.25) is 4.79 Å². The summed E-state index contributed by atoms with van der Waals surface area (Å²) in [5, 5.41) is 14.6. The summed E-state index contributed by atoms with van der Waals surface area (Å²) in [5.41, 5.74) is 6.81. The highest BCUT2D eigenvalue weighted by Gasteiger charge is 2.26. The van der Waals surface area contributed by atoms with E-state index in [-0.39, 0.29) is 5.91 Å². The summed E-state index contributed by atoms with van der Waals surface area (Å²) >= 11 is 0. The minimum Gasteiger partial charge on any atom is -0.396 e. The number of rotatable bonds is 4. The fourth-order valence-corrected chi connectivity index (χ4v) is 1.55. The van der Waals surface area contributed by atoms with E-state index in [4.69, 9.17) is 11.0 Å². The average molecular weight is 246 g/mol. The molecular formula is C13H18N4O. The molecule has 1 amide bonds. The van der Waals surface area contributed by atoms with Crippen LogP contribution in [0.3, 0.4) is 0 Å². The molecule has 1 aromatic carbocycles. The number of anilines is 2. The van der Waals surface area contributed by atoms with Crippen LogP contribution in [0.15, 0.2) is 18.2 Å². The summed E-state index contributed by atoms with van der Waals surface area (Å²) in [6.07, 6.45) is 0. The fourth-order valence-electron chi connectivity index (χ4n) is 1.55. The number of benzene rings is 1. The van der Waals surface area contributed by atoms with E-state index in [1.54, 1.807) is 25.2 Å². The molecule has 0 heterocycles. The lowest BCUT2D eigenvalue weighted by molar-refractivity contribution is -0.128. The third-order valence-corrected chi connectivity index (χ3v) is 2.79. The smallest absolute Gasteiger partial charge is 0.227 e. The highest BCUT2D eigenvalue weighted by molar-refractivity contribution is 5.82. The SMILES string of the molecule is CNC(=O)C(C)(C)CNc1cccc(C#N)c1N. The number of amides is 1. The van der Waals surface area contributed by atoms with E-state index in [1.165, 1.54) is 0 Å². The summed E-state index contributed by atoms with van der Waals surface area (Å²) < 4.78 is 0. The molecule has 4 N–H and O–H groups in total. The van der Waals surface area contributed by atoms with Crippen LogP contribution >= 0.6 is 0 Å². The van der Waals surface area contributed by atoms with Crippen LogP contribution in [-0.2, 0) is 4.79 Å². The van der Waals surface area contributed by atoms with Crippen molar-refractivity contribution in [2.24, 2.45) is 5.41 Å². The Bertz CT molecular complexity index is 488. The molecule has 0 aliphatic heterocycles. The van der Waals surface area contributed by atoms with Gasteiger partial charge in [-0.25, -0.2) is 0 Å². The summed E-state index contributed by atoms with van der Waals surface area (Å²) in [7, 11) is 1.61. The number of nitrogens with two attached hydrogens (primary N) is 1. The van der Waals surface area contributed by atoms with Crippen molar-refractivity contribution in [2.45, 2.75) is 13.8 Å². The zero-order chi connectivity index (χ0) is 13.8. The number of para-hydroxylation sites is 1. The number of nitriles is 1. The number of hydrogen-bond donors (Lipinski definition) is 3. The summed E-state index contributed by atoms with van der Waals surface area (Å²) in [6, 6.07) is 7.22. The van der Waals surface area contributed by atoms with E-state index < -0.39 is 5.41 Å². The average Bonchev–Trinajstić information content (AvgIpc) is 2.36. The third-order valence-electron chi connectivity index (χ3n) is 2.79. The van der Waals surface area contributed by atoms with Crippen molar-refractivity contribution >= 4 is 17.3 Å². The molecule has 0 radical (unpaired) electrons. The Morgan fingerprint density at radius 1 is 1.50 bits per heavy atom. The number of carbonyl (C=O) groups is 1. The normalized spacial score (nSPS) is 10.6. The van der Waals surface area contributed by atoms with Crippen LogP contribution in [-0.4, -0.2) is 19.5 Å². The molecule has 1 aromatic rings. The van der Waals surface area contributed by atoms with Crippen molar-refractivity contribution in [1.82, 2.24) is 5.32 Å². The van der Waals surface area contributed by atoms with Crippen molar-refractivity contribution < 1.29 is 4.79 Å². The molecule has 0 saturated carbocycles. The fraction of sp³-hybridized carbons (Fsp3) is 0.385. The van der Waals surface area contributed by atoms with Gasteiger partial charge in [0, 0.05) is 13.6 Å². The molecule has 5 nitrogen and oxygen atoms in total. The van der Waals surface area contributed by atoms with E-state index in [9.17, 15) is 4.79 Å². The quantitative estimate of drug-likeness (QED) is 0.699. The largest absolute Gasteiger partial charge is 0.396 e. The van der Waals surface area contributed by atoms with Crippen molar-refractivity contribution in [3.05, 3.63) is 23.8 Å². The van der Waals surface area contributed by atoms with Gasteiger partial charge in [0.25, 0.3) is 0 Å². The first-order chi connectivity index (χ1) is 8.42. The lowest BCUT2D eigenvalue weighted by atomic mass is 9.92. The van der Waals surface area contributed by atoms with Gasteiger partial charge in [-0.05, 0) is 26.0 Å². The Hall–Kier alpha value is -2.22. The van der Waals surface area contributed by atoms with Crippen LogP contribution in [0.5, 0.6) is 0 Å². The van der Waals surface area contributed by atoms with Gasteiger partial charge in [0.1, 0.15) is 6.07 Å². The zero-order valence-electron chi connectivity index (χ0n) is 10.9. The number of nitrogen functional groups attached to an aromatic ring is 1. The number of nitrogens with zero attached hydrogens (tertiary/aromatic N) is 1. The molecule has 0 unspecified atom stereocenters. The Morgan fingerprint density at radius 3 is 2.72 bits per heavy atom. The van der Waals surface area contributed by atoms with E-state index in [0.717, 1.165) is 0 Å². The predicted molar refractivity (Wildman–Crippen MR) is 71.9 cm³/mol. The molecule has 18 heavy (non-hydrogen) atoms. The van der Waals surface area contributed by atoms with E-state index in [0.29, 0.717) is 23.5 Å². The number of nitrogens with one attached hydrogen (secondary N) is 2. The molecule has 0 aliphatic rings. The standard InChI is InChI=1S/C13H18N4O/c1-13(2,12(18)16-3)8-17-10-6-4-5-9(7-14)11(10)15/h4-6,17H,8,15H2,1-3H3,(H,16,18). The monoisotopic (exact) mass is 246 g/mol. The van der Waals surface area contributed by atoms with Crippen molar-refractivity contribution in [1.29, 1.82) is 5.26 Å². The summed E-state index contributed by atoms with van der Waals surface area (Å²) in [5.74, 6) is -0.0509. The molecule has 0 atom stereocenters. The Morgan fingerprint density at radius 2 is 2.17 bits per heavy atom. The van der Waals surface area contributed by atoms with Gasteiger partial charge < -0.3 is 16.4 Å². The van der Waals surface area contributed by atoms with Gasteiger partial charge in [0.05, 0.1) is 22.4 Å². The highest BCUT2D eigenvalue weighted by atomic mass is 16.2. The maximum atomic E-state index is 11.6. The molecular weight excluding hydrogens is 228 g/mol. The van der Waals surface area contributed by atoms with Crippen LogP contribution in [0.1, 0.15) is 19.4 Å². The molecule has 1 rings (SSSR count). The molecule has 0 fully saturated rings. The third kappa shape index (κ3) is 2.92. The zero-order valence-corrected chi connectivity index (χ0v) is 10.9. The van der Waals surface area contributed by atoms with Gasteiger partial charge >= 0.3 is 0 Å². The minimum atomic E-state index is -0.552. The van der Waals surface area contributed by atoms with Crippen molar-refractivity contribution in [3.63, 3.8) is 0 Å². The van der Waals surface area contributed by atoms with E-state index in [1.807, 2.05) is 19.9 Å². The molecule has 0 spiro atoms. The van der Waals surface area contributed by atoms with Gasteiger partial charge in [-0.1, -0.05) is 6.07 Å². The molecule has 0 aromatic heterocycles. The van der Waals surface area contributed by atoms with Crippen LogP contribution < -0.4 is 16.4 Å². The van der Waals surface area contributed by atoms with Crippen LogP contribution in [0.4, 0.5) is 11.4 Å². The van der Waals surface area contributed by atoms with Gasteiger partial charge in [-0.2, -0.15) is 5.26 Å². The minimum absolute atomic E-state index is 0.0509. The first-order valence-corrected chi connectivity index (χ1v) is 5.67. The van der Waals surface area contributed by atoms with Crippen LogP contribution in [0, 0.1) is 16.7 Å². The van der Waals surface area contributed by atoms with Gasteiger partial charge in [-0.15, -0.1) is 0 Å². The van der Waals surface area contributed by atoms with Crippen LogP contribution in [0.25, 0.3) is 0 Å². The second kappa shape index (κ2) is 5.41. The molecule has 0 bridgehead atoms. The summed E-state index contributed by atoms with van der Waals surface area (Å²) in [6.45, 7) is 4.11. The van der Waals surface area contributed by atoms with Crippen molar-refractivity contribution in [3.8, 4) is 6.07 Å². The highest BCUT2D eigenvalue weighted by Crippen LogP contribution is 2.24. The molecule has 0 saturated heterocycles. The summed E-state index contributed by atoms with van der Waals surface area (Å²) in [4.78, 5) is 11.6. The Kier molecular flexibility index (Phi) is 4.16. The van der Waals surface area contributed by atoms with Crippen LogP contribution in [0.2, 0.25) is 0 Å². The lowest BCUT2D eigenvalue weighted by Gasteiger charge is -2.24. The lowest BCUT2D eigenvalue weighted by Crippen LogP contribution is -2.39. The first kappa shape index (κ1) is 13.8. The Labute approximate surface area is 107 Å². The Balaban J connectivity index is 2.82. The van der Waals surface area contributed by atoms with Gasteiger partial charge in [0.15, 0.2) is 0 Å². The first-order valence-electron chi connectivity index (χ1n) is 5.67.